The molecule has 0 aromatic rings. The molecule has 0 spiro atoms. The molecule has 100 valence electrons. The molecule has 0 N–H and O–H groups in total. The Morgan fingerprint density at radius 1 is 0.882 bits per heavy atom. The first-order valence-corrected chi connectivity index (χ1v) is 6.93. The molecule has 0 aliphatic carbocycles. The fraction of sp³-hybridized carbons (Fsp3) is 0.929. The second kappa shape index (κ2) is 15.4. The summed E-state index contributed by atoms with van der Waals surface area (Å²) in [6.45, 7) is 9.19. The van der Waals surface area contributed by atoms with E-state index in [0.29, 0.717) is 5.92 Å². The first-order valence-electron chi connectivity index (χ1n) is 6.49. The van der Waals surface area contributed by atoms with E-state index in [0.717, 1.165) is 11.8 Å². The SMILES string of the molecule is CC(C)CCCC(C)CCCC(C)[CH-]Cl.[Cl-].[Mg+2]. The molecule has 2 atom stereocenters. The van der Waals surface area contributed by atoms with Gasteiger partial charge in [-0.2, -0.15) is 5.92 Å². The van der Waals surface area contributed by atoms with Crippen molar-refractivity contribution in [2.45, 2.75) is 66.2 Å². The van der Waals surface area contributed by atoms with Crippen LogP contribution in [-0.2, 0) is 0 Å². The van der Waals surface area contributed by atoms with Gasteiger partial charge in [-0.05, 0) is 11.8 Å². The van der Waals surface area contributed by atoms with Gasteiger partial charge in [0, 0.05) is 0 Å². The summed E-state index contributed by atoms with van der Waals surface area (Å²) in [5.41, 5.74) is 0. The molecular weight excluding hydrogens is 263 g/mol. The van der Waals surface area contributed by atoms with Crippen LogP contribution in [0.1, 0.15) is 66.2 Å². The van der Waals surface area contributed by atoms with Crippen molar-refractivity contribution < 1.29 is 12.4 Å². The van der Waals surface area contributed by atoms with Gasteiger partial charge in [-0.25, -0.2) is 5.88 Å². The number of rotatable bonds is 9. The van der Waals surface area contributed by atoms with Gasteiger partial charge in [-0.3, -0.25) is 0 Å². The minimum absolute atomic E-state index is 0. The predicted molar refractivity (Wildman–Crippen MR) is 76.8 cm³/mol. The first-order chi connectivity index (χ1) is 7.06. The van der Waals surface area contributed by atoms with E-state index in [2.05, 4.69) is 27.7 Å². The predicted octanol–water partition coefficient (Wildman–Crippen LogP) is 2.28. The van der Waals surface area contributed by atoms with Gasteiger partial charge in [0.05, 0.1) is 0 Å². The van der Waals surface area contributed by atoms with Crippen molar-refractivity contribution in [1.29, 1.82) is 0 Å². The summed E-state index contributed by atoms with van der Waals surface area (Å²) in [4.78, 5) is 0. The standard InChI is InChI=1S/C14H28Cl.ClH.Mg/c1-12(2)7-5-8-13(3)9-6-10-14(4)11-15;;/h11-14H,5-10H2,1-4H3;1H;/q-1;;+2/p-1. The van der Waals surface area contributed by atoms with Crippen molar-refractivity contribution in [1.82, 2.24) is 0 Å². The van der Waals surface area contributed by atoms with Gasteiger partial charge in [0.2, 0.25) is 0 Å². The van der Waals surface area contributed by atoms with E-state index in [1.807, 2.05) is 0 Å². The van der Waals surface area contributed by atoms with Crippen molar-refractivity contribution in [2.75, 3.05) is 0 Å². The number of hydrogen-bond donors (Lipinski definition) is 0. The molecule has 0 saturated heterocycles. The van der Waals surface area contributed by atoms with E-state index >= 15 is 0 Å². The fourth-order valence-corrected chi connectivity index (χ4v) is 2.00. The summed E-state index contributed by atoms with van der Waals surface area (Å²) in [5.74, 6) is 4.13. The molecule has 0 aromatic carbocycles. The molecule has 0 aliphatic heterocycles. The van der Waals surface area contributed by atoms with Gasteiger partial charge in [0.25, 0.3) is 0 Å². The summed E-state index contributed by atoms with van der Waals surface area (Å²) >= 11 is 5.66. The van der Waals surface area contributed by atoms with Gasteiger partial charge in [0.1, 0.15) is 0 Å². The van der Waals surface area contributed by atoms with Crippen LogP contribution in [0.5, 0.6) is 0 Å². The van der Waals surface area contributed by atoms with Crippen molar-refractivity contribution in [3.05, 3.63) is 5.88 Å². The summed E-state index contributed by atoms with van der Waals surface area (Å²) in [6.07, 6.45) is 8.13. The second-order valence-electron chi connectivity index (χ2n) is 5.46. The zero-order valence-corrected chi connectivity index (χ0v) is 14.9. The molecule has 0 nitrogen and oxygen atoms in total. The average Bonchev–Trinajstić information content (AvgIpc) is 2.17. The normalized spacial score (nSPS) is 13.8. The van der Waals surface area contributed by atoms with Crippen LogP contribution in [0.25, 0.3) is 0 Å². The maximum Gasteiger partial charge on any atom is 2.00 e. The second-order valence-corrected chi connectivity index (χ2v) is 5.72. The molecule has 2 unspecified atom stereocenters. The van der Waals surface area contributed by atoms with Gasteiger partial charge >= 0.3 is 23.1 Å². The minimum atomic E-state index is 0. The van der Waals surface area contributed by atoms with Crippen molar-refractivity contribution >= 4 is 34.7 Å². The third-order valence-corrected chi connectivity index (χ3v) is 3.48. The van der Waals surface area contributed by atoms with Crippen molar-refractivity contribution in [3.63, 3.8) is 0 Å². The van der Waals surface area contributed by atoms with E-state index < -0.39 is 0 Å². The molecule has 0 fully saturated rings. The Morgan fingerprint density at radius 3 is 1.76 bits per heavy atom. The molecule has 0 bridgehead atoms. The third-order valence-electron chi connectivity index (χ3n) is 3.05. The Bertz CT molecular complexity index is 140. The number of hydrogen-bond acceptors (Lipinski definition) is 0. The van der Waals surface area contributed by atoms with Crippen LogP contribution in [0, 0.1) is 23.6 Å². The molecule has 0 heterocycles. The van der Waals surface area contributed by atoms with Crippen LogP contribution in [0.3, 0.4) is 0 Å². The maximum absolute atomic E-state index is 5.66. The molecule has 0 rings (SSSR count). The van der Waals surface area contributed by atoms with Crippen LogP contribution in [0.4, 0.5) is 0 Å². The topological polar surface area (TPSA) is 0 Å². The first kappa shape index (κ1) is 23.4. The fourth-order valence-electron chi connectivity index (χ4n) is 1.87. The van der Waals surface area contributed by atoms with Gasteiger partial charge in [-0.1, -0.05) is 66.2 Å². The van der Waals surface area contributed by atoms with E-state index in [1.54, 1.807) is 5.88 Å². The van der Waals surface area contributed by atoms with Crippen molar-refractivity contribution in [2.24, 2.45) is 17.8 Å². The Morgan fingerprint density at radius 2 is 1.35 bits per heavy atom. The van der Waals surface area contributed by atoms with Crippen LogP contribution in [-0.4, -0.2) is 23.1 Å². The molecule has 0 saturated carbocycles. The minimum Gasteiger partial charge on any atom is -1.00 e. The molecule has 0 radical (unpaired) electrons. The monoisotopic (exact) mass is 290 g/mol. The molecule has 0 aliphatic rings. The van der Waals surface area contributed by atoms with E-state index in [4.69, 9.17) is 11.6 Å². The molecular formula is C14H28Cl2Mg. The van der Waals surface area contributed by atoms with Crippen LogP contribution in [0.2, 0.25) is 0 Å². The van der Waals surface area contributed by atoms with Gasteiger partial charge < -0.3 is 24.0 Å². The summed E-state index contributed by atoms with van der Waals surface area (Å²) in [5, 5.41) is 0. The van der Waals surface area contributed by atoms with Crippen molar-refractivity contribution in [3.8, 4) is 0 Å². The van der Waals surface area contributed by atoms with Crippen LogP contribution >= 0.6 is 11.6 Å². The quantitative estimate of drug-likeness (QED) is 0.452. The van der Waals surface area contributed by atoms with Crippen LogP contribution < -0.4 is 12.4 Å². The van der Waals surface area contributed by atoms with Gasteiger partial charge in [-0.15, -0.1) is 0 Å². The Hall–Kier alpha value is 1.35. The molecule has 0 aromatic heterocycles. The van der Waals surface area contributed by atoms with E-state index in [-0.39, 0.29) is 35.5 Å². The smallest absolute Gasteiger partial charge is 1.00 e. The maximum atomic E-state index is 5.66. The van der Waals surface area contributed by atoms with Gasteiger partial charge in [0.15, 0.2) is 0 Å². The zero-order chi connectivity index (χ0) is 11.7. The average molecular weight is 292 g/mol. The molecule has 3 heteroatoms. The van der Waals surface area contributed by atoms with Crippen LogP contribution in [0.15, 0.2) is 0 Å². The summed E-state index contributed by atoms with van der Waals surface area (Å²) < 4.78 is 0. The summed E-state index contributed by atoms with van der Waals surface area (Å²) in [7, 11) is 0. The third kappa shape index (κ3) is 17.3. The zero-order valence-electron chi connectivity index (χ0n) is 12.0. The molecule has 0 amide bonds. The Labute approximate surface area is 136 Å². The van der Waals surface area contributed by atoms with E-state index in [1.165, 1.54) is 38.5 Å². The Kier molecular flexibility index (Phi) is 21.2. The molecule has 17 heavy (non-hydrogen) atoms. The van der Waals surface area contributed by atoms with E-state index in [9.17, 15) is 0 Å². The largest absolute Gasteiger partial charge is 2.00 e. The summed E-state index contributed by atoms with van der Waals surface area (Å²) in [6, 6.07) is 0. The Balaban J connectivity index is -0.000000980. The number of halogens is 2.